The second-order valence-electron chi connectivity index (χ2n) is 4.69. The number of hydrogen-bond donors (Lipinski definition) is 0. The molecule has 1 saturated heterocycles. The van der Waals surface area contributed by atoms with Gasteiger partial charge in [-0.2, -0.15) is 0 Å². The Bertz CT molecular complexity index is 159. The fourth-order valence-electron chi connectivity index (χ4n) is 1.78. The zero-order valence-electron chi connectivity index (χ0n) is 9.41. The van der Waals surface area contributed by atoms with Crippen LogP contribution in [0.1, 0.15) is 34.6 Å². The van der Waals surface area contributed by atoms with E-state index in [2.05, 4.69) is 34.6 Å². The summed E-state index contributed by atoms with van der Waals surface area (Å²) in [5.41, 5.74) is 0. The molecule has 76 valence electrons. The first-order valence-electron chi connectivity index (χ1n) is 5.29. The minimum absolute atomic E-state index is 0.00463. The van der Waals surface area contributed by atoms with Crippen molar-refractivity contribution in [3.05, 3.63) is 0 Å². The monoisotopic (exact) mass is 184 g/mol. The highest BCUT2D eigenvalue weighted by atomic mass is 16.6. The van der Waals surface area contributed by atoms with E-state index in [1.54, 1.807) is 0 Å². The van der Waals surface area contributed by atoms with Crippen LogP contribution in [-0.2, 0) is 9.31 Å². The van der Waals surface area contributed by atoms with Crippen LogP contribution < -0.4 is 0 Å². The van der Waals surface area contributed by atoms with Crippen LogP contribution >= 0.6 is 0 Å². The number of rotatable bonds is 2. The molecule has 0 N–H and O–H groups in total. The maximum atomic E-state index is 5.80. The normalized spacial score (nSPS) is 30.2. The van der Waals surface area contributed by atoms with Gasteiger partial charge in [0.05, 0.1) is 0 Å². The van der Waals surface area contributed by atoms with Gasteiger partial charge in [-0.05, 0) is 18.7 Å². The molecule has 2 nitrogen and oxygen atoms in total. The van der Waals surface area contributed by atoms with E-state index in [1.807, 2.05) is 0 Å². The highest BCUT2D eigenvalue weighted by Gasteiger charge is 2.35. The van der Waals surface area contributed by atoms with Gasteiger partial charge < -0.3 is 9.31 Å². The van der Waals surface area contributed by atoms with Crippen LogP contribution in [0.3, 0.4) is 0 Å². The molecule has 1 heterocycles. The Morgan fingerprint density at radius 2 is 1.85 bits per heavy atom. The summed E-state index contributed by atoms with van der Waals surface area (Å²) in [6, 6.07) is 0. The molecule has 0 aromatic rings. The predicted molar refractivity (Wildman–Crippen MR) is 55.7 cm³/mol. The van der Waals surface area contributed by atoms with Crippen LogP contribution in [0, 0.1) is 11.8 Å². The average Bonchev–Trinajstić information content (AvgIpc) is 2.03. The topological polar surface area (TPSA) is 18.5 Å². The van der Waals surface area contributed by atoms with E-state index in [9.17, 15) is 0 Å². The Kier molecular flexibility index (Phi) is 3.80. The largest absolute Gasteiger partial charge is 0.459 e. The molecule has 2 atom stereocenters. The van der Waals surface area contributed by atoms with E-state index < -0.39 is 0 Å². The van der Waals surface area contributed by atoms with E-state index in [-0.39, 0.29) is 7.12 Å². The van der Waals surface area contributed by atoms with Crippen molar-refractivity contribution in [1.29, 1.82) is 0 Å². The molecule has 1 aliphatic heterocycles. The smallest absolute Gasteiger partial charge is 0.411 e. The summed E-state index contributed by atoms with van der Waals surface area (Å²) >= 11 is 0. The molecule has 13 heavy (non-hydrogen) atoms. The van der Waals surface area contributed by atoms with E-state index >= 15 is 0 Å². The lowest BCUT2D eigenvalue weighted by atomic mass is 9.71. The average molecular weight is 184 g/mol. The molecule has 3 heteroatoms. The van der Waals surface area contributed by atoms with Crippen LogP contribution in [0.25, 0.3) is 0 Å². The molecule has 0 unspecified atom stereocenters. The van der Waals surface area contributed by atoms with Crippen LogP contribution in [0.5, 0.6) is 0 Å². The van der Waals surface area contributed by atoms with E-state index in [4.69, 9.17) is 9.31 Å². The molecule has 1 fully saturated rings. The third kappa shape index (κ3) is 2.71. The molecule has 0 aliphatic carbocycles. The van der Waals surface area contributed by atoms with E-state index in [0.717, 1.165) is 6.61 Å². The molecule has 0 amide bonds. The van der Waals surface area contributed by atoms with Gasteiger partial charge in [0, 0.05) is 18.6 Å². The van der Waals surface area contributed by atoms with Crippen LogP contribution in [0.15, 0.2) is 0 Å². The highest BCUT2D eigenvalue weighted by Crippen LogP contribution is 2.27. The van der Waals surface area contributed by atoms with Gasteiger partial charge in [0.2, 0.25) is 0 Å². The zero-order chi connectivity index (χ0) is 10.0. The fraction of sp³-hybridized carbons (Fsp3) is 1.00. The number of hydrogen-bond acceptors (Lipinski definition) is 2. The van der Waals surface area contributed by atoms with Gasteiger partial charge in [-0.3, -0.25) is 0 Å². The van der Waals surface area contributed by atoms with Crippen LogP contribution in [0.2, 0.25) is 5.82 Å². The summed E-state index contributed by atoms with van der Waals surface area (Å²) < 4.78 is 11.5. The Morgan fingerprint density at radius 3 is 2.23 bits per heavy atom. The van der Waals surface area contributed by atoms with E-state index in [0.29, 0.717) is 23.8 Å². The standard InChI is InChI=1S/C10H21BO2/c1-7(2)10-6-12-11(8(3)4)13-9(10)5/h7-10H,6H2,1-5H3/t9-,10+/m1/s1. The third-order valence-electron chi connectivity index (χ3n) is 2.81. The van der Waals surface area contributed by atoms with Gasteiger partial charge in [-0.15, -0.1) is 0 Å². The zero-order valence-corrected chi connectivity index (χ0v) is 9.41. The summed E-state index contributed by atoms with van der Waals surface area (Å²) in [6.07, 6.45) is 0.334. The molecular weight excluding hydrogens is 163 g/mol. The molecule has 0 radical (unpaired) electrons. The Morgan fingerprint density at radius 1 is 1.23 bits per heavy atom. The van der Waals surface area contributed by atoms with Crippen molar-refractivity contribution in [3.63, 3.8) is 0 Å². The lowest BCUT2D eigenvalue weighted by molar-refractivity contribution is -0.000380. The van der Waals surface area contributed by atoms with Gasteiger partial charge in [0.1, 0.15) is 0 Å². The minimum Gasteiger partial charge on any atom is -0.411 e. The predicted octanol–water partition coefficient (Wildman–Crippen LogP) is 2.59. The summed E-state index contributed by atoms with van der Waals surface area (Å²) in [6.45, 7) is 11.7. The SMILES string of the molecule is CC(C)B1OC[C@@H](C(C)C)[C@@H](C)O1. The summed E-state index contributed by atoms with van der Waals surface area (Å²) in [4.78, 5) is 0. The first kappa shape index (κ1) is 11.1. The summed E-state index contributed by atoms with van der Waals surface area (Å²) in [5.74, 6) is 1.65. The van der Waals surface area contributed by atoms with E-state index in [1.165, 1.54) is 0 Å². The Balaban J connectivity index is 2.46. The van der Waals surface area contributed by atoms with Crippen LogP contribution in [0.4, 0.5) is 0 Å². The lowest BCUT2D eigenvalue weighted by Crippen LogP contribution is -2.44. The minimum atomic E-state index is 0.00463. The van der Waals surface area contributed by atoms with Crippen molar-refractivity contribution in [1.82, 2.24) is 0 Å². The highest BCUT2D eigenvalue weighted by molar-refractivity contribution is 6.46. The van der Waals surface area contributed by atoms with Gasteiger partial charge in [-0.1, -0.05) is 27.7 Å². The van der Waals surface area contributed by atoms with Gasteiger partial charge in [-0.25, -0.2) is 0 Å². The van der Waals surface area contributed by atoms with Gasteiger partial charge >= 0.3 is 7.12 Å². The molecule has 0 bridgehead atoms. The molecule has 1 aliphatic rings. The van der Waals surface area contributed by atoms with Crippen molar-refractivity contribution in [2.45, 2.75) is 46.5 Å². The first-order chi connectivity index (χ1) is 6.02. The van der Waals surface area contributed by atoms with Crippen molar-refractivity contribution in [3.8, 4) is 0 Å². The second kappa shape index (κ2) is 4.47. The molecule has 0 aromatic heterocycles. The Labute approximate surface area is 82.1 Å². The maximum absolute atomic E-state index is 5.80. The van der Waals surface area contributed by atoms with Crippen LogP contribution in [-0.4, -0.2) is 19.8 Å². The summed E-state index contributed by atoms with van der Waals surface area (Å²) in [5, 5.41) is 0. The van der Waals surface area contributed by atoms with Gasteiger partial charge in [0.25, 0.3) is 0 Å². The maximum Gasteiger partial charge on any atom is 0.459 e. The quantitative estimate of drug-likeness (QED) is 0.614. The summed E-state index contributed by atoms with van der Waals surface area (Å²) in [7, 11) is 0.00463. The van der Waals surface area contributed by atoms with Crippen molar-refractivity contribution >= 4 is 7.12 Å². The second-order valence-corrected chi connectivity index (χ2v) is 4.69. The molecule has 0 saturated carbocycles. The third-order valence-corrected chi connectivity index (χ3v) is 2.81. The molecule has 1 rings (SSSR count). The van der Waals surface area contributed by atoms with Crippen molar-refractivity contribution in [2.24, 2.45) is 11.8 Å². The Hall–Kier alpha value is -0.0151. The molecule has 0 spiro atoms. The lowest BCUT2D eigenvalue weighted by Gasteiger charge is -2.36. The van der Waals surface area contributed by atoms with Crippen molar-refractivity contribution in [2.75, 3.05) is 6.61 Å². The first-order valence-corrected chi connectivity index (χ1v) is 5.29. The fourth-order valence-corrected chi connectivity index (χ4v) is 1.78. The molecular formula is C10H21BO2. The van der Waals surface area contributed by atoms with Gasteiger partial charge in [0.15, 0.2) is 0 Å². The van der Waals surface area contributed by atoms with Crippen molar-refractivity contribution < 1.29 is 9.31 Å². The molecule has 0 aromatic carbocycles.